The average Bonchev–Trinajstić information content (AvgIpc) is 2.68. The summed E-state index contributed by atoms with van der Waals surface area (Å²) >= 11 is 0. The predicted molar refractivity (Wildman–Crippen MR) is 108 cm³/mol. The lowest BCUT2D eigenvalue weighted by Gasteiger charge is -2.22. The van der Waals surface area contributed by atoms with Gasteiger partial charge < -0.3 is 16.0 Å². The summed E-state index contributed by atoms with van der Waals surface area (Å²) in [4.78, 5) is 17.1. The first-order valence-electron chi connectivity index (χ1n) is 9.25. The summed E-state index contributed by atoms with van der Waals surface area (Å²) in [5, 5.41) is 15.2. The molecule has 4 rings (SSSR count). The number of benzene rings is 2. The van der Waals surface area contributed by atoms with Crippen molar-refractivity contribution in [1.29, 1.82) is 0 Å². The van der Waals surface area contributed by atoms with Crippen molar-refractivity contribution in [3.05, 3.63) is 71.5 Å². The van der Waals surface area contributed by atoms with Crippen molar-refractivity contribution in [3.63, 3.8) is 0 Å². The summed E-state index contributed by atoms with van der Waals surface area (Å²) in [6.45, 7) is 1.00. The van der Waals surface area contributed by atoms with Gasteiger partial charge in [0.05, 0.1) is 5.92 Å². The van der Waals surface area contributed by atoms with Crippen LogP contribution < -0.4 is 16.4 Å². The number of hydrogen-bond donors (Lipinski definition) is 3. The number of nitrogens with one attached hydrogen (secondary N) is 1. The van der Waals surface area contributed by atoms with Gasteiger partial charge in [-0.15, -0.1) is 0 Å². The number of fused-ring (bicyclic) bond motifs is 2. The predicted octanol–water partition coefficient (Wildman–Crippen LogP) is 0.922. The van der Waals surface area contributed by atoms with Crippen LogP contribution in [-0.4, -0.2) is 35.9 Å². The first kappa shape index (κ1) is 17.9. The molecule has 0 fully saturated rings. The Morgan fingerprint density at radius 3 is 2.96 bits per heavy atom. The number of nitrogens with two attached hydrogens (primary N) is 1. The molecular formula is C21H22BN3O2. The summed E-state index contributed by atoms with van der Waals surface area (Å²) in [5.41, 5.74) is 9.85. The van der Waals surface area contributed by atoms with E-state index in [0.29, 0.717) is 6.42 Å². The third kappa shape index (κ3) is 3.64. The summed E-state index contributed by atoms with van der Waals surface area (Å²) in [6.07, 6.45) is 4.76. The van der Waals surface area contributed by atoms with Gasteiger partial charge in [0.1, 0.15) is 5.78 Å². The molecule has 6 heteroatoms. The second kappa shape index (κ2) is 7.60. The lowest BCUT2D eigenvalue weighted by atomic mass is 9.67. The van der Waals surface area contributed by atoms with E-state index in [1.807, 2.05) is 48.7 Å². The maximum Gasteiger partial charge on any atom is 0.413 e. The van der Waals surface area contributed by atoms with Crippen LogP contribution in [0.5, 0.6) is 0 Å². The van der Waals surface area contributed by atoms with Gasteiger partial charge in [-0.25, -0.2) is 0 Å². The quantitative estimate of drug-likeness (QED) is 0.590. The molecule has 27 heavy (non-hydrogen) atoms. The SMILES string of the molecule is NCC(C(=O)Cc1ccc2cnccc2c1)c1ccc2c(c1)CCNB2O. The minimum Gasteiger partial charge on any atom is -0.433 e. The van der Waals surface area contributed by atoms with Crippen molar-refractivity contribution in [1.82, 2.24) is 10.2 Å². The summed E-state index contributed by atoms with van der Waals surface area (Å²) in [7, 11) is -0.637. The van der Waals surface area contributed by atoms with Gasteiger partial charge in [0.25, 0.3) is 0 Å². The zero-order chi connectivity index (χ0) is 18.8. The minimum absolute atomic E-state index is 0.111. The van der Waals surface area contributed by atoms with Crippen LogP contribution in [0.3, 0.4) is 0 Å². The molecule has 1 aromatic heterocycles. The fraction of sp³-hybridized carbons (Fsp3) is 0.238. The lowest BCUT2D eigenvalue weighted by Crippen LogP contribution is -2.51. The second-order valence-corrected chi connectivity index (χ2v) is 7.05. The van der Waals surface area contributed by atoms with E-state index in [-0.39, 0.29) is 18.2 Å². The molecule has 2 heterocycles. The smallest absolute Gasteiger partial charge is 0.413 e. The highest BCUT2D eigenvalue weighted by Crippen LogP contribution is 2.21. The number of rotatable bonds is 5. The van der Waals surface area contributed by atoms with E-state index >= 15 is 0 Å². The monoisotopic (exact) mass is 359 g/mol. The van der Waals surface area contributed by atoms with Crippen LogP contribution in [0.1, 0.15) is 22.6 Å². The van der Waals surface area contributed by atoms with Crippen LogP contribution in [0.15, 0.2) is 54.9 Å². The molecule has 0 aliphatic carbocycles. The van der Waals surface area contributed by atoms with E-state index in [9.17, 15) is 9.82 Å². The number of hydrogen-bond acceptors (Lipinski definition) is 5. The zero-order valence-electron chi connectivity index (χ0n) is 15.1. The van der Waals surface area contributed by atoms with E-state index in [2.05, 4.69) is 10.2 Å². The molecule has 0 saturated heterocycles. The zero-order valence-corrected chi connectivity index (χ0v) is 15.1. The molecule has 0 radical (unpaired) electrons. The molecule has 3 aromatic rings. The van der Waals surface area contributed by atoms with Gasteiger partial charge in [-0.05, 0) is 46.6 Å². The Bertz CT molecular complexity index is 992. The fourth-order valence-corrected chi connectivity index (χ4v) is 3.80. The molecule has 4 N–H and O–H groups in total. The largest absolute Gasteiger partial charge is 0.433 e. The maximum absolute atomic E-state index is 13.0. The van der Waals surface area contributed by atoms with Crippen LogP contribution in [0.4, 0.5) is 0 Å². The van der Waals surface area contributed by atoms with Gasteiger partial charge in [0.15, 0.2) is 0 Å². The molecule has 1 aliphatic heterocycles. The van der Waals surface area contributed by atoms with E-state index in [1.165, 1.54) is 0 Å². The van der Waals surface area contributed by atoms with E-state index in [4.69, 9.17) is 5.73 Å². The molecule has 2 aromatic carbocycles. The third-order valence-electron chi connectivity index (χ3n) is 5.30. The molecule has 0 amide bonds. The van der Waals surface area contributed by atoms with Crippen LogP contribution >= 0.6 is 0 Å². The highest BCUT2D eigenvalue weighted by atomic mass is 16.2. The number of aromatic nitrogens is 1. The Balaban J connectivity index is 1.57. The molecule has 5 nitrogen and oxygen atoms in total. The van der Waals surface area contributed by atoms with Crippen molar-refractivity contribution in [2.45, 2.75) is 18.8 Å². The molecular weight excluding hydrogens is 337 g/mol. The molecule has 1 unspecified atom stereocenters. The number of nitrogens with zero attached hydrogens (tertiary/aromatic N) is 1. The number of carbonyl (C=O) groups is 1. The average molecular weight is 359 g/mol. The van der Waals surface area contributed by atoms with Gasteiger partial charge in [-0.2, -0.15) is 0 Å². The van der Waals surface area contributed by atoms with Crippen LogP contribution in [0.2, 0.25) is 0 Å². The lowest BCUT2D eigenvalue weighted by molar-refractivity contribution is -0.119. The van der Waals surface area contributed by atoms with Gasteiger partial charge in [-0.1, -0.05) is 36.4 Å². The number of pyridine rings is 1. The van der Waals surface area contributed by atoms with Crippen LogP contribution in [0, 0.1) is 0 Å². The van der Waals surface area contributed by atoms with Crippen molar-refractivity contribution in [2.24, 2.45) is 5.73 Å². The van der Waals surface area contributed by atoms with Crippen molar-refractivity contribution < 1.29 is 9.82 Å². The van der Waals surface area contributed by atoms with Crippen molar-refractivity contribution in [2.75, 3.05) is 13.1 Å². The summed E-state index contributed by atoms with van der Waals surface area (Å²) in [6, 6.07) is 13.8. The highest BCUT2D eigenvalue weighted by molar-refractivity contribution is 6.64. The Morgan fingerprint density at radius 1 is 1.22 bits per heavy atom. The van der Waals surface area contributed by atoms with Crippen LogP contribution in [0.25, 0.3) is 10.8 Å². The Labute approximate surface area is 158 Å². The molecule has 1 aliphatic rings. The number of ketones is 1. The minimum atomic E-state index is -0.637. The summed E-state index contributed by atoms with van der Waals surface area (Å²) in [5.74, 6) is -0.226. The Hall–Kier alpha value is -2.54. The summed E-state index contributed by atoms with van der Waals surface area (Å²) < 4.78 is 0. The van der Waals surface area contributed by atoms with Gasteiger partial charge in [0, 0.05) is 30.7 Å². The van der Waals surface area contributed by atoms with Crippen LogP contribution in [-0.2, 0) is 17.6 Å². The first-order chi connectivity index (χ1) is 13.2. The molecule has 0 spiro atoms. The molecule has 136 valence electrons. The van der Waals surface area contributed by atoms with Crippen molar-refractivity contribution >= 4 is 29.1 Å². The van der Waals surface area contributed by atoms with Gasteiger partial charge >= 0.3 is 7.05 Å². The Kier molecular flexibility index (Phi) is 5.03. The van der Waals surface area contributed by atoms with E-state index < -0.39 is 7.05 Å². The molecule has 1 atom stereocenters. The van der Waals surface area contributed by atoms with E-state index in [0.717, 1.165) is 45.9 Å². The van der Waals surface area contributed by atoms with Gasteiger partial charge in [0.2, 0.25) is 0 Å². The molecule has 0 saturated carbocycles. The number of carbonyl (C=O) groups excluding carboxylic acids is 1. The topological polar surface area (TPSA) is 88.2 Å². The number of Topliss-reactive ketones (excluding diaryl/α,β-unsaturated/α-hetero) is 1. The third-order valence-corrected chi connectivity index (χ3v) is 5.30. The Morgan fingerprint density at radius 2 is 2.11 bits per heavy atom. The fourth-order valence-electron chi connectivity index (χ4n) is 3.80. The standard InChI is InChI=1S/C21H22BN3O2/c23-12-19(16-3-4-20-17(11-16)6-8-25-22(20)27)21(26)10-14-1-2-18-13-24-7-5-15(18)9-14/h1-5,7,9,11,13,19,25,27H,6,8,10,12,23H2. The first-order valence-corrected chi connectivity index (χ1v) is 9.25. The maximum atomic E-state index is 13.0. The van der Waals surface area contributed by atoms with Crippen molar-refractivity contribution in [3.8, 4) is 0 Å². The van der Waals surface area contributed by atoms with E-state index in [1.54, 1.807) is 6.20 Å². The second-order valence-electron chi connectivity index (χ2n) is 7.05. The molecule has 0 bridgehead atoms. The highest BCUT2D eigenvalue weighted by Gasteiger charge is 2.25. The normalized spacial score (nSPS) is 14.8. The van der Waals surface area contributed by atoms with Gasteiger partial charge in [-0.3, -0.25) is 9.78 Å².